The fraction of sp³-hybridized carbons (Fsp3) is 0.500. The second-order valence-corrected chi connectivity index (χ2v) is 6.59. The molecule has 0 aliphatic heterocycles. The molecule has 0 bridgehead atoms. The first-order valence-electron chi connectivity index (χ1n) is 9.00. The molecule has 1 aromatic carbocycles. The van der Waals surface area contributed by atoms with Gasteiger partial charge in [0.15, 0.2) is 0 Å². The molecular weight excluding hydrogens is 278 g/mol. The van der Waals surface area contributed by atoms with Gasteiger partial charge in [-0.25, -0.2) is 0 Å². The molecular formula is C22H27N. The highest BCUT2D eigenvalue weighted by molar-refractivity contribution is 5.41. The number of benzene rings is 1. The summed E-state index contributed by atoms with van der Waals surface area (Å²) < 4.78 is 0. The fourth-order valence-corrected chi connectivity index (χ4v) is 3.29. The summed E-state index contributed by atoms with van der Waals surface area (Å²) >= 11 is 0. The van der Waals surface area contributed by atoms with E-state index < -0.39 is 0 Å². The minimum Gasteiger partial charge on any atom is -0.192 e. The van der Waals surface area contributed by atoms with Gasteiger partial charge in [-0.2, -0.15) is 5.26 Å². The summed E-state index contributed by atoms with van der Waals surface area (Å²) in [7, 11) is 0. The molecule has 1 heteroatoms. The normalized spacial score (nSPS) is 20.7. The Hall–Kier alpha value is -1.99. The Balaban J connectivity index is 1.73. The van der Waals surface area contributed by atoms with Crippen molar-refractivity contribution in [3.63, 3.8) is 0 Å². The van der Waals surface area contributed by atoms with Gasteiger partial charge in [0.05, 0.1) is 11.6 Å². The first-order valence-corrected chi connectivity index (χ1v) is 9.00. The third-order valence-corrected chi connectivity index (χ3v) is 4.79. The lowest BCUT2D eigenvalue weighted by Crippen LogP contribution is -2.12. The second-order valence-electron chi connectivity index (χ2n) is 6.59. The maximum absolute atomic E-state index is 8.77. The topological polar surface area (TPSA) is 23.8 Å². The van der Waals surface area contributed by atoms with Crippen molar-refractivity contribution < 1.29 is 0 Å². The summed E-state index contributed by atoms with van der Waals surface area (Å²) in [5.41, 5.74) is 1.65. The molecule has 120 valence electrons. The molecule has 0 aromatic heterocycles. The molecule has 1 nitrogen and oxygen atoms in total. The van der Waals surface area contributed by atoms with E-state index in [-0.39, 0.29) is 0 Å². The Labute approximate surface area is 141 Å². The van der Waals surface area contributed by atoms with Crippen molar-refractivity contribution in [2.24, 2.45) is 11.8 Å². The van der Waals surface area contributed by atoms with Crippen LogP contribution in [0.25, 0.3) is 0 Å². The largest absolute Gasteiger partial charge is 0.192 e. The number of hydrogen-bond acceptors (Lipinski definition) is 1. The Morgan fingerprint density at radius 2 is 1.74 bits per heavy atom. The monoisotopic (exact) mass is 305 g/mol. The third-order valence-electron chi connectivity index (χ3n) is 4.79. The molecule has 1 saturated carbocycles. The van der Waals surface area contributed by atoms with Gasteiger partial charge in [0.2, 0.25) is 0 Å². The molecule has 0 amide bonds. The lowest BCUT2D eigenvalue weighted by molar-refractivity contribution is 0.289. The van der Waals surface area contributed by atoms with E-state index in [0.29, 0.717) is 11.5 Å². The van der Waals surface area contributed by atoms with Crippen LogP contribution in [0.2, 0.25) is 0 Å². The number of nitrogens with zero attached hydrogens (tertiary/aromatic N) is 1. The molecule has 2 rings (SSSR count). The van der Waals surface area contributed by atoms with Gasteiger partial charge in [-0.15, -0.1) is 0 Å². The highest BCUT2D eigenvalue weighted by Gasteiger charge is 2.18. The molecule has 0 spiro atoms. The van der Waals surface area contributed by atoms with Crippen molar-refractivity contribution in [3.05, 3.63) is 47.5 Å². The summed E-state index contributed by atoms with van der Waals surface area (Å²) in [6.07, 6.45) is 15.3. The minimum absolute atomic E-state index is 0.682. The molecule has 1 aliphatic carbocycles. The zero-order valence-electron chi connectivity index (χ0n) is 14.2. The van der Waals surface area contributed by atoms with Crippen LogP contribution < -0.4 is 0 Å². The Bertz CT molecular complexity index is 584. The van der Waals surface area contributed by atoms with Gasteiger partial charge in [-0.1, -0.05) is 50.5 Å². The summed E-state index contributed by atoms with van der Waals surface area (Å²) in [6.45, 7) is 2.28. The van der Waals surface area contributed by atoms with Crippen LogP contribution in [0.15, 0.2) is 36.4 Å². The molecule has 0 saturated heterocycles. The number of allylic oxidation sites excluding steroid dienone is 2. The summed E-state index contributed by atoms with van der Waals surface area (Å²) in [6, 6.07) is 9.56. The summed E-state index contributed by atoms with van der Waals surface area (Å²) in [4.78, 5) is 0. The van der Waals surface area contributed by atoms with Crippen LogP contribution in [0.1, 0.15) is 69.4 Å². The van der Waals surface area contributed by atoms with Crippen molar-refractivity contribution in [2.75, 3.05) is 0 Å². The molecule has 1 aromatic rings. The van der Waals surface area contributed by atoms with E-state index in [4.69, 9.17) is 5.26 Å². The molecule has 1 fully saturated rings. The van der Waals surface area contributed by atoms with Crippen molar-refractivity contribution >= 4 is 0 Å². The van der Waals surface area contributed by atoms with Crippen LogP contribution in [0.5, 0.6) is 0 Å². The van der Waals surface area contributed by atoms with Crippen LogP contribution in [-0.4, -0.2) is 0 Å². The Morgan fingerprint density at radius 3 is 2.39 bits per heavy atom. The van der Waals surface area contributed by atoms with Crippen LogP contribution in [0, 0.1) is 35.0 Å². The molecule has 0 radical (unpaired) electrons. The first-order chi connectivity index (χ1) is 11.3. The van der Waals surface area contributed by atoms with E-state index in [1.807, 2.05) is 30.3 Å². The predicted molar refractivity (Wildman–Crippen MR) is 96.8 cm³/mol. The van der Waals surface area contributed by atoms with E-state index in [9.17, 15) is 0 Å². The number of unbranched alkanes of at least 4 members (excludes halogenated alkanes) is 2. The van der Waals surface area contributed by atoms with Crippen LogP contribution in [0.4, 0.5) is 0 Å². The lowest BCUT2D eigenvalue weighted by atomic mass is 9.79. The lowest BCUT2D eigenvalue weighted by Gasteiger charge is -2.26. The van der Waals surface area contributed by atoms with Gasteiger partial charge >= 0.3 is 0 Å². The number of nitriles is 1. The van der Waals surface area contributed by atoms with Crippen LogP contribution >= 0.6 is 0 Å². The predicted octanol–water partition coefficient (Wildman–Crippen LogP) is 5.85. The smallest absolute Gasteiger partial charge is 0.0991 e. The van der Waals surface area contributed by atoms with Crippen molar-refractivity contribution in [1.82, 2.24) is 0 Å². The van der Waals surface area contributed by atoms with E-state index in [1.165, 1.54) is 51.4 Å². The van der Waals surface area contributed by atoms with Crippen molar-refractivity contribution in [1.29, 1.82) is 5.26 Å². The summed E-state index contributed by atoms with van der Waals surface area (Å²) in [5.74, 6) is 7.94. The van der Waals surface area contributed by atoms with Crippen molar-refractivity contribution in [3.8, 4) is 17.9 Å². The minimum atomic E-state index is 0.682. The number of hydrogen-bond donors (Lipinski definition) is 0. The molecule has 23 heavy (non-hydrogen) atoms. The molecule has 1 aliphatic rings. The fourth-order valence-electron chi connectivity index (χ4n) is 3.29. The standard InChI is InChI=1S/C22H27N/c1-2-3-4-7-19-10-12-20(13-11-19)8-5-6-9-21-14-16-22(18-23)17-15-21/h5,8,14-17,19-20H,2-4,7,10-13H2,1H3/t19-,20-. The Kier molecular flexibility index (Phi) is 7.48. The van der Waals surface area contributed by atoms with Crippen LogP contribution in [-0.2, 0) is 0 Å². The zero-order valence-corrected chi connectivity index (χ0v) is 14.2. The molecule has 0 atom stereocenters. The quantitative estimate of drug-likeness (QED) is 0.494. The zero-order chi connectivity index (χ0) is 16.3. The van der Waals surface area contributed by atoms with Crippen molar-refractivity contribution in [2.45, 2.75) is 58.3 Å². The highest BCUT2D eigenvalue weighted by atomic mass is 14.2. The average molecular weight is 305 g/mol. The van der Waals surface area contributed by atoms with Gasteiger partial charge in [0.1, 0.15) is 0 Å². The van der Waals surface area contributed by atoms with Gasteiger partial charge in [0.25, 0.3) is 0 Å². The van der Waals surface area contributed by atoms with E-state index in [1.54, 1.807) is 0 Å². The average Bonchev–Trinajstić information content (AvgIpc) is 2.61. The van der Waals surface area contributed by atoms with Gasteiger partial charge in [-0.3, -0.25) is 0 Å². The summed E-state index contributed by atoms with van der Waals surface area (Å²) in [5, 5.41) is 8.77. The third kappa shape index (κ3) is 6.33. The Morgan fingerprint density at radius 1 is 1.04 bits per heavy atom. The van der Waals surface area contributed by atoms with Gasteiger partial charge in [-0.05, 0) is 67.9 Å². The molecule has 0 N–H and O–H groups in total. The number of rotatable bonds is 5. The van der Waals surface area contributed by atoms with E-state index in [0.717, 1.165) is 11.5 Å². The second kappa shape index (κ2) is 9.91. The van der Waals surface area contributed by atoms with Crippen LogP contribution in [0.3, 0.4) is 0 Å². The molecule has 0 heterocycles. The first kappa shape index (κ1) is 17.4. The maximum atomic E-state index is 8.77. The highest BCUT2D eigenvalue weighted by Crippen LogP contribution is 2.32. The van der Waals surface area contributed by atoms with E-state index >= 15 is 0 Å². The van der Waals surface area contributed by atoms with Gasteiger partial charge < -0.3 is 0 Å². The van der Waals surface area contributed by atoms with Gasteiger partial charge in [0, 0.05) is 5.56 Å². The maximum Gasteiger partial charge on any atom is 0.0991 e. The van der Waals surface area contributed by atoms with E-state index in [2.05, 4.69) is 30.9 Å². The molecule has 0 unspecified atom stereocenters. The SMILES string of the molecule is CCCCC[C@H]1CC[C@H](C=CC#Cc2ccc(C#N)cc2)CC1.